The molecule has 24 heavy (non-hydrogen) atoms. The summed E-state index contributed by atoms with van der Waals surface area (Å²) in [4.78, 5) is 26.8. The number of aromatic nitrogens is 3. The van der Waals surface area contributed by atoms with E-state index in [-0.39, 0.29) is 12.0 Å². The molecule has 1 unspecified atom stereocenters. The van der Waals surface area contributed by atoms with Gasteiger partial charge in [-0.3, -0.25) is 9.78 Å². The van der Waals surface area contributed by atoms with E-state index in [1.165, 1.54) is 0 Å². The number of hydrogen-bond acceptors (Lipinski definition) is 5. The first-order chi connectivity index (χ1) is 11.7. The number of pyridine rings is 1. The Balaban J connectivity index is 1.51. The third kappa shape index (κ3) is 4.58. The van der Waals surface area contributed by atoms with Gasteiger partial charge in [-0.25, -0.2) is 9.97 Å². The van der Waals surface area contributed by atoms with Gasteiger partial charge < -0.3 is 9.64 Å². The molecule has 0 radical (unpaired) electrons. The highest BCUT2D eigenvalue weighted by Gasteiger charge is 2.24. The van der Waals surface area contributed by atoms with Crippen LogP contribution in [0.4, 0.5) is 0 Å². The molecule has 0 spiro atoms. The molecule has 1 aliphatic rings. The van der Waals surface area contributed by atoms with E-state index >= 15 is 0 Å². The van der Waals surface area contributed by atoms with Crippen LogP contribution < -0.4 is 0 Å². The molecule has 1 amide bonds. The molecule has 0 N–H and O–H groups in total. The van der Waals surface area contributed by atoms with E-state index in [2.05, 4.69) is 15.0 Å². The summed E-state index contributed by atoms with van der Waals surface area (Å²) in [5.41, 5.74) is 2.93. The lowest BCUT2D eigenvalue weighted by molar-refractivity contribution is -0.138. The molecule has 1 atom stereocenters. The van der Waals surface area contributed by atoms with Crippen molar-refractivity contribution < 1.29 is 9.53 Å². The van der Waals surface area contributed by atoms with Gasteiger partial charge in [0.2, 0.25) is 5.91 Å². The van der Waals surface area contributed by atoms with Crippen molar-refractivity contribution in [1.82, 2.24) is 19.9 Å². The third-order valence-electron chi connectivity index (χ3n) is 4.15. The summed E-state index contributed by atoms with van der Waals surface area (Å²) in [6.45, 7) is 3.85. The van der Waals surface area contributed by atoms with Gasteiger partial charge in [-0.1, -0.05) is 6.07 Å². The summed E-state index contributed by atoms with van der Waals surface area (Å²) >= 11 is 0. The minimum absolute atomic E-state index is 0.0619. The Morgan fingerprint density at radius 3 is 3.12 bits per heavy atom. The van der Waals surface area contributed by atoms with Gasteiger partial charge >= 0.3 is 0 Å². The molecule has 6 nitrogen and oxygen atoms in total. The fourth-order valence-corrected chi connectivity index (χ4v) is 2.86. The maximum absolute atomic E-state index is 12.5. The van der Waals surface area contributed by atoms with Crippen LogP contribution in [0.1, 0.15) is 23.4 Å². The molecule has 2 aromatic rings. The average molecular weight is 326 g/mol. The second kappa shape index (κ2) is 7.97. The van der Waals surface area contributed by atoms with E-state index in [1.807, 2.05) is 30.0 Å². The Morgan fingerprint density at radius 1 is 1.42 bits per heavy atom. The third-order valence-corrected chi connectivity index (χ3v) is 4.15. The van der Waals surface area contributed by atoms with Crippen molar-refractivity contribution in [3.05, 3.63) is 53.9 Å². The number of ether oxygens (including phenoxy) is 1. The summed E-state index contributed by atoms with van der Waals surface area (Å²) in [6, 6.07) is 5.78. The monoisotopic (exact) mass is 326 g/mol. The van der Waals surface area contributed by atoms with E-state index in [0.717, 1.165) is 29.8 Å². The number of nitrogens with zero attached hydrogens (tertiary/aromatic N) is 4. The van der Waals surface area contributed by atoms with E-state index in [4.69, 9.17) is 4.74 Å². The molecule has 2 aromatic heterocycles. The summed E-state index contributed by atoms with van der Waals surface area (Å²) in [5.74, 6) is 0.134. The van der Waals surface area contributed by atoms with E-state index < -0.39 is 0 Å². The summed E-state index contributed by atoms with van der Waals surface area (Å²) in [5, 5.41) is 0. The lowest BCUT2D eigenvalue weighted by Gasteiger charge is -2.33. The number of carbonyl (C=O) groups excluding carboxylic acids is 1. The molecule has 6 heteroatoms. The molecule has 1 aliphatic heterocycles. The van der Waals surface area contributed by atoms with Crippen molar-refractivity contribution in [2.45, 2.75) is 32.3 Å². The average Bonchev–Trinajstić information content (AvgIpc) is 2.61. The second-order valence-electron chi connectivity index (χ2n) is 6.06. The topological polar surface area (TPSA) is 68.2 Å². The van der Waals surface area contributed by atoms with Crippen LogP contribution in [-0.2, 0) is 22.4 Å². The molecule has 3 rings (SSSR count). The zero-order chi connectivity index (χ0) is 16.8. The largest absolute Gasteiger partial charge is 0.375 e. The minimum atomic E-state index is 0.0619. The van der Waals surface area contributed by atoms with Gasteiger partial charge in [0.1, 0.15) is 6.33 Å². The van der Waals surface area contributed by atoms with Crippen LogP contribution in [0.25, 0.3) is 0 Å². The fourth-order valence-electron chi connectivity index (χ4n) is 2.86. The van der Waals surface area contributed by atoms with Gasteiger partial charge in [0.25, 0.3) is 0 Å². The van der Waals surface area contributed by atoms with E-state index in [1.54, 1.807) is 18.7 Å². The predicted molar refractivity (Wildman–Crippen MR) is 89.4 cm³/mol. The van der Waals surface area contributed by atoms with Crippen LogP contribution >= 0.6 is 0 Å². The zero-order valence-corrected chi connectivity index (χ0v) is 13.9. The molecular formula is C18H22N4O2. The highest BCUT2D eigenvalue weighted by Crippen LogP contribution is 2.13. The highest BCUT2D eigenvalue weighted by atomic mass is 16.5. The summed E-state index contributed by atoms with van der Waals surface area (Å²) in [6.07, 6.45) is 7.20. The standard InChI is InChI=1S/C18H22N4O2/c1-14-9-16(21-13-20-14)4-5-17-12-22(7-8-24-17)18(23)10-15-3-2-6-19-11-15/h2-3,6,9,11,13,17H,4-5,7-8,10,12H2,1H3. The molecule has 0 saturated carbocycles. The molecule has 1 fully saturated rings. The molecule has 1 saturated heterocycles. The lowest BCUT2D eigenvalue weighted by Crippen LogP contribution is -2.46. The molecule has 0 aliphatic carbocycles. The van der Waals surface area contributed by atoms with Crippen molar-refractivity contribution in [2.24, 2.45) is 0 Å². The predicted octanol–water partition coefficient (Wildman–Crippen LogP) is 1.58. The Bertz CT molecular complexity index is 678. The Kier molecular flexibility index (Phi) is 5.48. The van der Waals surface area contributed by atoms with Gasteiger partial charge in [-0.15, -0.1) is 0 Å². The first-order valence-corrected chi connectivity index (χ1v) is 8.26. The molecule has 126 valence electrons. The van der Waals surface area contributed by atoms with Gasteiger partial charge in [0.05, 0.1) is 19.1 Å². The minimum Gasteiger partial charge on any atom is -0.375 e. The molecular weight excluding hydrogens is 304 g/mol. The van der Waals surface area contributed by atoms with E-state index in [0.29, 0.717) is 26.1 Å². The van der Waals surface area contributed by atoms with Crippen LogP contribution in [0.2, 0.25) is 0 Å². The number of carbonyl (C=O) groups is 1. The van der Waals surface area contributed by atoms with Gasteiger partial charge in [0.15, 0.2) is 0 Å². The first kappa shape index (κ1) is 16.5. The maximum atomic E-state index is 12.5. The van der Waals surface area contributed by atoms with Crippen LogP contribution in [0.15, 0.2) is 36.9 Å². The number of rotatable bonds is 5. The van der Waals surface area contributed by atoms with Crippen LogP contribution in [-0.4, -0.2) is 51.6 Å². The summed E-state index contributed by atoms with van der Waals surface area (Å²) in [7, 11) is 0. The fraction of sp³-hybridized carbons (Fsp3) is 0.444. The van der Waals surface area contributed by atoms with Crippen LogP contribution in [0, 0.1) is 6.92 Å². The molecule has 0 bridgehead atoms. The van der Waals surface area contributed by atoms with Crippen molar-refractivity contribution in [1.29, 1.82) is 0 Å². The van der Waals surface area contributed by atoms with Gasteiger partial charge in [0, 0.05) is 36.9 Å². The Labute approximate surface area is 141 Å². The van der Waals surface area contributed by atoms with Crippen molar-refractivity contribution in [3.63, 3.8) is 0 Å². The maximum Gasteiger partial charge on any atom is 0.227 e. The first-order valence-electron chi connectivity index (χ1n) is 8.26. The number of amides is 1. The van der Waals surface area contributed by atoms with Crippen LogP contribution in [0.3, 0.4) is 0 Å². The van der Waals surface area contributed by atoms with Crippen LogP contribution in [0.5, 0.6) is 0 Å². The van der Waals surface area contributed by atoms with Crippen molar-refractivity contribution in [3.8, 4) is 0 Å². The van der Waals surface area contributed by atoms with E-state index in [9.17, 15) is 4.79 Å². The highest BCUT2D eigenvalue weighted by molar-refractivity contribution is 5.78. The Hall–Kier alpha value is -2.34. The molecule has 3 heterocycles. The SMILES string of the molecule is Cc1cc(CCC2CN(C(=O)Cc3cccnc3)CCO2)ncn1. The number of hydrogen-bond donors (Lipinski definition) is 0. The quantitative estimate of drug-likeness (QED) is 0.834. The normalized spacial score (nSPS) is 17.7. The van der Waals surface area contributed by atoms with Crippen molar-refractivity contribution in [2.75, 3.05) is 19.7 Å². The van der Waals surface area contributed by atoms with Gasteiger partial charge in [-0.2, -0.15) is 0 Å². The number of morpholine rings is 1. The smallest absolute Gasteiger partial charge is 0.227 e. The number of aryl methyl sites for hydroxylation is 2. The summed E-state index contributed by atoms with van der Waals surface area (Å²) < 4.78 is 5.81. The molecule has 0 aromatic carbocycles. The lowest BCUT2D eigenvalue weighted by atomic mass is 10.1. The zero-order valence-electron chi connectivity index (χ0n) is 13.9. The second-order valence-corrected chi connectivity index (χ2v) is 6.06. The Morgan fingerprint density at radius 2 is 2.33 bits per heavy atom. The van der Waals surface area contributed by atoms with Gasteiger partial charge in [-0.05, 0) is 37.5 Å². The van der Waals surface area contributed by atoms with Crippen molar-refractivity contribution >= 4 is 5.91 Å².